The fourth-order valence-electron chi connectivity index (χ4n) is 2.28. The maximum Gasteiger partial charge on any atom is 0.231 e. The fourth-order valence-corrected chi connectivity index (χ4v) is 2.28. The van der Waals surface area contributed by atoms with Crippen molar-refractivity contribution in [2.24, 2.45) is 5.92 Å². The minimum Gasteiger partial charge on any atom is -0.352 e. The van der Waals surface area contributed by atoms with Crippen LogP contribution in [-0.2, 0) is 22.6 Å². The molecule has 1 aromatic carbocycles. The highest BCUT2D eigenvalue weighted by atomic mass is 16.2. The van der Waals surface area contributed by atoms with E-state index in [0.717, 1.165) is 16.8 Å². The predicted molar refractivity (Wildman–Crippen MR) is 74.9 cm³/mol. The van der Waals surface area contributed by atoms with Gasteiger partial charge in [0, 0.05) is 25.7 Å². The smallest absolute Gasteiger partial charge is 0.231 e. The van der Waals surface area contributed by atoms with Crippen molar-refractivity contribution in [1.29, 1.82) is 0 Å². The van der Waals surface area contributed by atoms with Crippen molar-refractivity contribution in [3.05, 3.63) is 29.3 Å². The molecule has 0 unspecified atom stereocenters. The number of hydrogen-bond donors (Lipinski definition) is 1. The van der Waals surface area contributed by atoms with Gasteiger partial charge >= 0.3 is 0 Å². The van der Waals surface area contributed by atoms with Crippen LogP contribution in [0.2, 0.25) is 0 Å². The SMILES string of the molecule is CC(C)CC(=O)NCc1ccc2c(c1)CC(=O)N2C. The van der Waals surface area contributed by atoms with Gasteiger partial charge in [0.2, 0.25) is 11.8 Å². The molecule has 19 heavy (non-hydrogen) atoms. The molecule has 1 aliphatic rings. The first-order chi connectivity index (χ1) is 8.97. The molecule has 0 spiro atoms. The second-order valence-corrected chi connectivity index (χ2v) is 5.47. The Balaban J connectivity index is 1.99. The number of carbonyl (C=O) groups excluding carboxylic acids is 2. The molecule has 0 bridgehead atoms. The number of amides is 2. The third kappa shape index (κ3) is 3.13. The summed E-state index contributed by atoms with van der Waals surface area (Å²) in [5.74, 6) is 0.561. The molecule has 0 saturated carbocycles. The van der Waals surface area contributed by atoms with Gasteiger partial charge in [-0.15, -0.1) is 0 Å². The van der Waals surface area contributed by atoms with Crippen molar-refractivity contribution >= 4 is 17.5 Å². The van der Waals surface area contributed by atoms with Gasteiger partial charge in [0.1, 0.15) is 0 Å². The lowest BCUT2D eigenvalue weighted by molar-refractivity contribution is -0.122. The Labute approximate surface area is 113 Å². The van der Waals surface area contributed by atoms with Crippen LogP contribution in [0.5, 0.6) is 0 Å². The van der Waals surface area contributed by atoms with Gasteiger partial charge in [-0.2, -0.15) is 0 Å². The Morgan fingerprint density at radius 3 is 2.84 bits per heavy atom. The Bertz CT molecular complexity index is 509. The van der Waals surface area contributed by atoms with Crippen LogP contribution in [0.4, 0.5) is 5.69 Å². The number of nitrogens with zero attached hydrogens (tertiary/aromatic N) is 1. The number of likely N-dealkylation sites (N-methyl/N-ethyl adjacent to an activating group) is 1. The minimum atomic E-state index is 0.0729. The quantitative estimate of drug-likeness (QED) is 0.898. The highest BCUT2D eigenvalue weighted by Crippen LogP contribution is 2.28. The van der Waals surface area contributed by atoms with Crippen LogP contribution in [0.3, 0.4) is 0 Å². The Kier molecular flexibility index (Phi) is 3.88. The monoisotopic (exact) mass is 260 g/mol. The van der Waals surface area contributed by atoms with Crippen LogP contribution in [0, 0.1) is 5.92 Å². The number of benzene rings is 1. The fraction of sp³-hybridized carbons (Fsp3) is 0.467. The first-order valence-corrected chi connectivity index (χ1v) is 6.62. The summed E-state index contributed by atoms with van der Waals surface area (Å²) in [5.41, 5.74) is 3.06. The van der Waals surface area contributed by atoms with Gasteiger partial charge in [0.25, 0.3) is 0 Å². The van der Waals surface area contributed by atoms with Gasteiger partial charge in [0.15, 0.2) is 0 Å². The molecule has 1 aromatic rings. The van der Waals surface area contributed by atoms with Crippen molar-refractivity contribution in [2.45, 2.75) is 33.2 Å². The normalized spacial score (nSPS) is 13.9. The topological polar surface area (TPSA) is 49.4 Å². The van der Waals surface area contributed by atoms with Crippen LogP contribution in [0.1, 0.15) is 31.4 Å². The van der Waals surface area contributed by atoms with E-state index in [4.69, 9.17) is 0 Å². The summed E-state index contributed by atoms with van der Waals surface area (Å²) in [7, 11) is 1.79. The standard InChI is InChI=1S/C15H20N2O2/c1-10(2)6-14(18)16-9-11-4-5-13-12(7-11)8-15(19)17(13)3/h4-5,7,10H,6,8-9H2,1-3H3,(H,16,18). The highest BCUT2D eigenvalue weighted by molar-refractivity contribution is 6.00. The zero-order valence-corrected chi connectivity index (χ0v) is 11.7. The molecule has 2 rings (SSSR count). The molecule has 0 radical (unpaired) electrons. The second-order valence-electron chi connectivity index (χ2n) is 5.47. The van der Waals surface area contributed by atoms with Gasteiger partial charge < -0.3 is 10.2 Å². The molecule has 4 heteroatoms. The summed E-state index contributed by atoms with van der Waals surface area (Å²) in [6.07, 6.45) is 1.01. The van der Waals surface area contributed by atoms with E-state index >= 15 is 0 Å². The molecule has 2 amide bonds. The molecule has 0 saturated heterocycles. The molecule has 102 valence electrons. The number of carbonyl (C=O) groups is 2. The molecule has 4 nitrogen and oxygen atoms in total. The molecular formula is C15H20N2O2. The lowest BCUT2D eigenvalue weighted by Gasteiger charge is -2.11. The van der Waals surface area contributed by atoms with Crippen molar-refractivity contribution in [3.8, 4) is 0 Å². The van der Waals surface area contributed by atoms with E-state index in [-0.39, 0.29) is 11.8 Å². The van der Waals surface area contributed by atoms with Crippen molar-refractivity contribution in [3.63, 3.8) is 0 Å². The average molecular weight is 260 g/mol. The molecule has 1 heterocycles. The summed E-state index contributed by atoms with van der Waals surface area (Å²) >= 11 is 0. The summed E-state index contributed by atoms with van der Waals surface area (Å²) in [5, 5.41) is 2.91. The summed E-state index contributed by atoms with van der Waals surface area (Å²) in [6, 6.07) is 5.92. The van der Waals surface area contributed by atoms with Gasteiger partial charge in [0.05, 0.1) is 6.42 Å². The Morgan fingerprint density at radius 1 is 1.42 bits per heavy atom. The lowest BCUT2D eigenvalue weighted by atomic mass is 10.1. The third-order valence-electron chi connectivity index (χ3n) is 3.30. The number of fused-ring (bicyclic) bond motifs is 1. The summed E-state index contributed by atoms with van der Waals surface area (Å²) in [6.45, 7) is 4.57. The molecule has 1 N–H and O–H groups in total. The highest BCUT2D eigenvalue weighted by Gasteiger charge is 2.23. The lowest BCUT2D eigenvalue weighted by Crippen LogP contribution is -2.23. The Morgan fingerprint density at radius 2 is 2.16 bits per heavy atom. The van der Waals surface area contributed by atoms with Crippen LogP contribution < -0.4 is 10.2 Å². The van der Waals surface area contributed by atoms with Gasteiger partial charge in [-0.25, -0.2) is 0 Å². The van der Waals surface area contributed by atoms with E-state index in [0.29, 0.717) is 25.3 Å². The second kappa shape index (κ2) is 5.43. The summed E-state index contributed by atoms with van der Waals surface area (Å²) in [4.78, 5) is 24.9. The van der Waals surface area contributed by atoms with Crippen molar-refractivity contribution in [2.75, 3.05) is 11.9 Å². The zero-order valence-electron chi connectivity index (χ0n) is 11.7. The first kappa shape index (κ1) is 13.6. The van der Waals surface area contributed by atoms with E-state index in [9.17, 15) is 9.59 Å². The predicted octanol–water partition coefficient (Wildman–Crippen LogP) is 1.87. The van der Waals surface area contributed by atoms with Gasteiger partial charge in [-0.05, 0) is 23.1 Å². The van der Waals surface area contributed by atoms with E-state index < -0.39 is 0 Å². The molecule has 0 aliphatic carbocycles. The average Bonchev–Trinajstić information content (AvgIpc) is 2.61. The van der Waals surface area contributed by atoms with Crippen LogP contribution >= 0.6 is 0 Å². The maximum atomic E-state index is 11.6. The van der Waals surface area contributed by atoms with Crippen LogP contribution in [0.15, 0.2) is 18.2 Å². The first-order valence-electron chi connectivity index (χ1n) is 6.62. The molecule has 0 aromatic heterocycles. The summed E-state index contributed by atoms with van der Waals surface area (Å²) < 4.78 is 0. The number of nitrogens with one attached hydrogen (secondary N) is 1. The van der Waals surface area contributed by atoms with E-state index in [2.05, 4.69) is 5.32 Å². The van der Waals surface area contributed by atoms with Crippen LogP contribution in [-0.4, -0.2) is 18.9 Å². The Hall–Kier alpha value is -1.84. The van der Waals surface area contributed by atoms with Crippen LogP contribution in [0.25, 0.3) is 0 Å². The van der Waals surface area contributed by atoms with Crippen molar-refractivity contribution in [1.82, 2.24) is 5.32 Å². The zero-order chi connectivity index (χ0) is 14.0. The van der Waals surface area contributed by atoms with Gasteiger partial charge in [-0.1, -0.05) is 26.0 Å². The number of rotatable bonds is 4. The van der Waals surface area contributed by atoms with E-state index in [1.54, 1.807) is 11.9 Å². The molecule has 1 aliphatic heterocycles. The molecule has 0 atom stereocenters. The number of hydrogen-bond acceptors (Lipinski definition) is 2. The largest absolute Gasteiger partial charge is 0.352 e. The molecule has 0 fully saturated rings. The van der Waals surface area contributed by atoms with Crippen molar-refractivity contribution < 1.29 is 9.59 Å². The minimum absolute atomic E-state index is 0.0729. The molecular weight excluding hydrogens is 240 g/mol. The third-order valence-corrected chi connectivity index (χ3v) is 3.30. The van der Waals surface area contributed by atoms with Gasteiger partial charge in [-0.3, -0.25) is 9.59 Å². The maximum absolute atomic E-state index is 11.6. The van der Waals surface area contributed by atoms with E-state index in [1.807, 2.05) is 32.0 Å². The number of anilines is 1. The van der Waals surface area contributed by atoms with E-state index in [1.165, 1.54) is 0 Å².